The Balaban J connectivity index is 3.48. The highest BCUT2D eigenvalue weighted by atomic mass is 16.3. The van der Waals surface area contributed by atoms with Crippen molar-refractivity contribution in [1.29, 1.82) is 0 Å². The fraction of sp³-hybridized carbons (Fsp3) is 0.921. The molecule has 0 unspecified atom stereocenters. The number of rotatable bonds is 34. The lowest BCUT2D eigenvalue weighted by molar-refractivity contribution is -0.123. The van der Waals surface area contributed by atoms with E-state index in [0.717, 1.165) is 25.7 Å². The van der Waals surface area contributed by atoms with Crippen LogP contribution in [0, 0.1) is 0 Å². The van der Waals surface area contributed by atoms with E-state index in [1.54, 1.807) is 0 Å². The van der Waals surface area contributed by atoms with Crippen LogP contribution < -0.4 is 5.32 Å². The molecule has 0 aromatic rings. The molecule has 42 heavy (non-hydrogen) atoms. The number of hydrogen-bond acceptors (Lipinski definition) is 3. The molecule has 3 N–H and O–H groups in total. The number of carbonyl (C=O) groups is 1. The van der Waals surface area contributed by atoms with Gasteiger partial charge in [0.05, 0.1) is 18.8 Å². The highest BCUT2D eigenvalue weighted by Crippen LogP contribution is 2.15. The second-order valence-electron chi connectivity index (χ2n) is 13.0. The molecule has 0 aliphatic carbocycles. The highest BCUT2D eigenvalue weighted by molar-refractivity contribution is 5.76. The Kier molecular flexibility index (Phi) is 33.9. The summed E-state index contributed by atoms with van der Waals surface area (Å²) in [5.41, 5.74) is 0. The van der Waals surface area contributed by atoms with E-state index in [0.29, 0.717) is 12.8 Å². The molecular formula is C38H75NO3. The molecule has 0 aromatic heterocycles. The van der Waals surface area contributed by atoms with Gasteiger partial charge in [-0.25, -0.2) is 0 Å². The summed E-state index contributed by atoms with van der Waals surface area (Å²) in [7, 11) is 0. The normalized spacial score (nSPS) is 13.1. The average molecular weight is 594 g/mol. The predicted octanol–water partition coefficient (Wildman–Crippen LogP) is 11.1. The van der Waals surface area contributed by atoms with Crippen LogP contribution >= 0.6 is 0 Å². The van der Waals surface area contributed by atoms with Crippen LogP contribution in [0.25, 0.3) is 0 Å². The van der Waals surface area contributed by atoms with Crippen molar-refractivity contribution < 1.29 is 15.0 Å². The Morgan fingerprint density at radius 2 is 0.905 bits per heavy atom. The number of nitrogens with one attached hydrogen (secondary N) is 1. The lowest BCUT2D eigenvalue weighted by atomic mass is 10.0. The zero-order valence-corrected chi connectivity index (χ0v) is 28.5. The van der Waals surface area contributed by atoms with Crippen molar-refractivity contribution in [1.82, 2.24) is 5.32 Å². The minimum Gasteiger partial charge on any atom is -0.394 e. The van der Waals surface area contributed by atoms with Crippen LogP contribution in [0.15, 0.2) is 12.2 Å². The third-order valence-electron chi connectivity index (χ3n) is 8.78. The Morgan fingerprint density at radius 3 is 1.31 bits per heavy atom. The highest BCUT2D eigenvalue weighted by Gasteiger charge is 2.19. The van der Waals surface area contributed by atoms with Gasteiger partial charge in [0.2, 0.25) is 5.91 Å². The van der Waals surface area contributed by atoms with E-state index in [-0.39, 0.29) is 12.5 Å². The van der Waals surface area contributed by atoms with Crippen LogP contribution in [-0.4, -0.2) is 34.9 Å². The summed E-state index contributed by atoms with van der Waals surface area (Å²) < 4.78 is 0. The Bertz CT molecular complexity index is 565. The van der Waals surface area contributed by atoms with Crippen LogP contribution in [0.5, 0.6) is 0 Å². The second kappa shape index (κ2) is 34.6. The van der Waals surface area contributed by atoms with Crippen LogP contribution in [0.2, 0.25) is 0 Å². The molecule has 2 atom stereocenters. The van der Waals surface area contributed by atoms with E-state index >= 15 is 0 Å². The number of unbranched alkanes of at least 4 members (excludes halogenated alkanes) is 25. The molecule has 0 heterocycles. The van der Waals surface area contributed by atoms with E-state index in [1.807, 2.05) is 0 Å². The SMILES string of the molecule is CCCCCCCC/C=C/CCCCCCCCCCCCCC(=O)N[C@@H](CO)[C@H](O)CCCCCCCCCCC. The van der Waals surface area contributed by atoms with Gasteiger partial charge in [0, 0.05) is 6.42 Å². The number of aliphatic hydroxyl groups is 2. The zero-order valence-electron chi connectivity index (χ0n) is 28.5. The summed E-state index contributed by atoms with van der Waals surface area (Å²) in [4.78, 5) is 12.3. The number of hydrogen-bond donors (Lipinski definition) is 3. The third kappa shape index (κ3) is 30.6. The molecule has 0 rings (SSSR count). The Morgan fingerprint density at radius 1 is 0.548 bits per heavy atom. The van der Waals surface area contributed by atoms with Gasteiger partial charge < -0.3 is 15.5 Å². The minimum atomic E-state index is -0.653. The molecular weight excluding hydrogens is 518 g/mol. The topological polar surface area (TPSA) is 69.6 Å². The van der Waals surface area contributed by atoms with Crippen molar-refractivity contribution in [2.24, 2.45) is 0 Å². The van der Waals surface area contributed by atoms with Crippen molar-refractivity contribution in [3.8, 4) is 0 Å². The molecule has 250 valence electrons. The summed E-state index contributed by atoms with van der Waals surface area (Å²) in [6.45, 7) is 4.33. The van der Waals surface area contributed by atoms with Crippen LogP contribution in [0.4, 0.5) is 0 Å². The smallest absolute Gasteiger partial charge is 0.220 e. The summed E-state index contributed by atoms with van der Waals surface area (Å²) in [6, 6.07) is -0.530. The van der Waals surface area contributed by atoms with E-state index in [2.05, 4.69) is 31.3 Å². The van der Waals surface area contributed by atoms with Crippen LogP contribution in [0.3, 0.4) is 0 Å². The van der Waals surface area contributed by atoms with Crippen LogP contribution in [-0.2, 0) is 4.79 Å². The van der Waals surface area contributed by atoms with Gasteiger partial charge in [0.15, 0.2) is 0 Å². The fourth-order valence-corrected chi connectivity index (χ4v) is 5.82. The first kappa shape index (κ1) is 41.1. The van der Waals surface area contributed by atoms with Gasteiger partial charge in [-0.05, 0) is 38.5 Å². The number of amides is 1. The molecule has 0 saturated carbocycles. The molecule has 4 heteroatoms. The summed E-state index contributed by atoms with van der Waals surface area (Å²) in [6.07, 6.45) is 41.3. The predicted molar refractivity (Wildman–Crippen MR) is 184 cm³/mol. The molecule has 0 spiro atoms. The van der Waals surface area contributed by atoms with Gasteiger partial charge in [0.25, 0.3) is 0 Å². The van der Waals surface area contributed by atoms with E-state index < -0.39 is 12.1 Å². The fourth-order valence-electron chi connectivity index (χ4n) is 5.82. The number of allylic oxidation sites excluding steroid dienone is 2. The van der Waals surface area contributed by atoms with Crippen molar-refractivity contribution >= 4 is 5.91 Å². The maximum Gasteiger partial charge on any atom is 0.220 e. The van der Waals surface area contributed by atoms with Gasteiger partial charge in [-0.1, -0.05) is 174 Å². The summed E-state index contributed by atoms with van der Waals surface area (Å²) in [5.74, 6) is -0.0338. The lowest BCUT2D eigenvalue weighted by Gasteiger charge is -2.22. The van der Waals surface area contributed by atoms with E-state index in [1.165, 1.54) is 154 Å². The summed E-state index contributed by atoms with van der Waals surface area (Å²) >= 11 is 0. The minimum absolute atomic E-state index is 0.0338. The lowest BCUT2D eigenvalue weighted by Crippen LogP contribution is -2.45. The standard InChI is InChI=1S/C38H75NO3/c1-3-5-7-9-11-13-14-15-16-17-18-19-20-21-22-23-24-26-28-30-32-34-38(42)39-36(35-40)37(41)33-31-29-27-25-12-10-8-6-4-2/h15-16,36-37,40-41H,3-14,17-35H2,1-2H3,(H,39,42)/b16-15+/t36-,37+/m0/s1. The third-order valence-corrected chi connectivity index (χ3v) is 8.78. The average Bonchev–Trinajstić information content (AvgIpc) is 2.99. The van der Waals surface area contributed by atoms with Gasteiger partial charge in [-0.15, -0.1) is 0 Å². The first-order chi connectivity index (χ1) is 20.7. The largest absolute Gasteiger partial charge is 0.394 e. The molecule has 0 fully saturated rings. The molecule has 0 aliphatic rings. The molecule has 1 amide bonds. The van der Waals surface area contributed by atoms with Crippen molar-refractivity contribution in [3.05, 3.63) is 12.2 Å². The van der Waals surface area contributed by atoms with Crippen molar-refractivity contribution in [2.75, 3.05) is 6.61 Å². The van der Waals surface area contributed by atoms with E-state index in [9.17, 15) is 15.0 Å². The van der Waals surface area contributed by atoms with Gasteiger partial charge in [-0.2, -0.15) is 0 Å². The first-order valence-electron chi connectivity index (χ1n) is 18.9. The van der Waals surface area contributed by atoms with Crippen molar-refractivity contribution in [2.45, 2.75) is 219 Å². The van der Waals surface area contributed by atoms with E-state index in [4.69, 9.17) is 0 Å². The molecule has 0 aromatic carbocycles. The first-order valence-corrected chi connectivity index (χ1v) is 18.9. The maximum atomic E-state index is 12.3. The molecule has 0 radical (unpaired) electrons. The zero-order chi connectivity index (χ0) is 30.8. The van der Waals surface area contributed by atoms with Gasteiger partial charge in [0.1, 0.15) is 0 Å². The molecule has 0 bridgehead atoms. The van der Waals surface area contributed by atoms with Gasteiger partial charge >= 0.3 is 0 Å². The number of aliphatic hydroxyl groups excluding tert-OH is 2. The second-order valence-corrected chi connectivity index (χ2v) is 13.0. The monoisotopic (exact) mass is 594 g/mol. The quantitative estimate of drug-likeness (QED) is 0.0513. The molecule has 0 aliphatic heterocycles. The maximum absolute atomic E-state index is 12.3. The Hall–Kier alpha value is -0.870. The van der Waals surface area contributed by atoms with Gasteiger partial charge in [-0.3, -0.25) is 4.79 Å². The number of carbonyl (C=O) groups excluding carboxylic acids is 1. The molecule has 4 nitrogen and oxygen atoms in total. The van der Waals surface area contributed by atoms with Crippen molar-refractivity contribution in [3.63, 3.8) is 0 Å². The molecule has 0 saturated heterocycles. The summed E-state index contributed by atoms with van der Waals surface area (Å²) in [5, 5.41) is 23.0. The van der Waals surface area contributed by atoms with Crippen LogP contribution in [0.1, 0.15) is 206 Å². The Labute approximate surface area is 263 Å².